The van der Waals surface area contributed by atoms with Crippen LogP contribution in [0.2, 0.25) is 0 Å². The molecule has 1 heterocycles. The van der Waals surface area contributed by atoms with Crippen molar-refractivity contribution in [1.82, 2.24) is 10.5 Å². The quantitative estimate of drug-likeness (QED) is 0.440. The van der Waals surface area contributed by atoms with Crippen LogP contribution in [0.25, 0.3) is 0 Å². The molecule has 1 aromatic rings. The summed E-state index contributed by atoms with van der Waals surface area (Å²) in [7, 11) is 0. The molecule has 1 aliphatic heterocycles. The zero-order valence-corrected chi connectivity index (χ0v) is 13.8. The van der Waals surface area contributed by atoms with E-state index in [1.165, 1.54) is 0 Å². The van der Waals surface area contributed by atoms with Crippen molar-refractivity contribution in [2.45, 2.75) is 39.0 Å². The molecular weight excluding hydrogens is 314 g/mol. The minimum absolute atomic E-state index is 0.0865. The van der Waals surface area contributed by atoms with Gasteiger partial charge in [0.1, 0.15) is 6.61 Å². The first-order valence-electron chi connectivity index (χ1n) is 7.48. The number of nitrogens with two attached hydrogens (primary N) is 1. The standard InChI is InChI=1S/C16H21N3O5/c1-16(2,3)24-18-14(21)11-12(13(17)20)19(15(11)22)23-9-10-7-5-4-6-8-10/h4-8,11-12H,9H2,1-3H3,(H2,17,20)(H,18,21)/t11-,12-/m0/s1. The third-order valence-corrected chi connectivity index (χ3v) is 3.30. The van der Waals surface area contributed by atoms with Crippen molar-refractivity contribution in [1.29, 1.82) is 0 Å². The average molecular weight is 335 g/mol. The predicted molar refractivity (Wildman–Crippen MR) is 83.5 cm³/mol. The fraction of sp³-hybridized carbons (Fsp3) is 0.438. The van der Waals surface area contributed by atoms with Gasteiger partial charge < -0.3 is 5.73 Å². The molecule has 0 saturated carbocycles. The van der Waals surface area contributed by atoms with Gasteiger partial charge in [0.25, 0.3) is 11.8 Å². The van der Waals surface area contributed by atoms with Crippen LogP contribution in [-0.2, 0) is 30.7 Å². The van der Waals surface area contributed by atoms with Crippen molar-refractivity contribution in [3.05, 3.63) is 35.9 Å². The van der Waals surface area contributed by atoms with Crippen LogP contribution in [0, 0.1) is 5.92 Å². The summed E-state index contributed by atoms with van der Waals surface area (Å²) in [5.41, 5.74) is 7.67. The van der Waals surface area contributed by atoms with E-state index in [9.17, 15) is 14.4 Å². The Kier molecular flexibility index (Phi) is 5.20. The topological polar surface area (TPSA) is 111 Å². The number of nitrogens with one attached hydrogen (secondary N) is 1. The Morgan fingerprint density at radius 1 is 1.25 bits per heavy atom. The molecule has 1 saturated heterocycles. The number of β-lactam (4-membered cyclic amide) rings is 1. The van der Waals surface area contributed by atoms with Gasteiger partial charge in [-0.25, -0.2) is 10.5 Å². The second kappa shape index (κ2) is 6.98. The second-order valence-corrected chi connectivity index (χ2v) is 6.43. The minimum Gasteiger partial charge on any atom is -0.368 e. The zero-order chi connectivity index (χ0) is 17.9. The van der Waals surface area contributed by atoms with Gasteiger partial charge in [0.15, 0.2) is 12.0 Å². The molecular formula is C16H21N3O5. The van der Waals surface area contributed by atoms with Gasteiger partial charge in [-0.05, 0) is 26.3 Å². The van der Waals surface area contributed by atoms with E-state index in [-0.39, 0.29) is 6.61 Å². The number of hydroxylamine groups is 3. The van der Waals surface area contributed by atoms with E-state index >= 15 is 0 Å². The summed E-state index contributed by atoms with van der Waals surface area (Å²) in [4.78, 5) is 46.3. The van der Waals surface area contributed by atoms with Crippen molar-refractivity contribution in [3.8, 4) is 0 Å². The number of amides is 3. The van der Waals surface area contributed by atoms with Gasteiger partial charge in [0.05, 0.1) is 5.60 Å². The maximum Gasteiger partial charge on any atom is 0.262 e. The van der Waals surface area contributed by atoms with Gasteiger partial charge in [-0.15, -0.1) is 0 Å². The van der Waals surface area contributed by atoms with Gasteiger partial charge in [0, 0.05) is 0 Å². The van der Waals surface area contributed by atoms with Crippen LogP contribution >= 0.6 is 0 Å². The number of nitrogens with zero attached hydrogens (tertiary/aromatic N) is 1. The van der Waals surface area contributed by atoms with Crippen molar-refractivity contribution in [2.24, 2.45) is 11.7 Å². The van der Waals surface area contributed by atoms with Crippen LogP contribution in [0.4, 0.5) is 0 Å². The van der Waals surface area contributed by atoms with E-state index in [0.717, 1.165) is 10.6 Å². The number of hydrogen-bond donors (Lipinski definition) is 2. The number of carbonyl (C=O) groups excluding carboxylic acids is 3. The van der Waals surface area contributed by atoms with Crippen molar-refractivity contribution < 1.29 is 24.1 Å². The number of primary amides is 1. The number of rotatable bonds is 6. The minimum atomic E-state index is -1.25. The first-order valence-corrected chi connectivity index (χ1v) is 7.48. The molecule has 1 aromatic carbocycles. The molecule has 0 aliphatic carbocycles. The molecule has 0 radical (unpaired) electrons. The van der Waals surface area contributed by atoms with E-state index in [1.807, 2.05) is 30.3 Å². The van der Waals surface area contributed by atoms with E-state index in [2.05, 4.69) is 5.48 Å². The Labute approximate surface area is 139 Å². The first kappa shape index (κ1) is 17.9. The Hall–Kier alpha value is -2.45. The Morgan fingerprint density at radius 2 is 1.88 bits per heavy atom. The summed E-state index contributed by atoms with van der Waals surface area (Å²) in [6.07, 6.45) is 0. The fourth-order valence-electron chi connectivity index (χ4n) is 2.13. The van der Waals surface area contributed by atoms with Crippen LogP contribution in [0.3, 0.4) is 0 Å². The van der Waals surface area contributed by atoms with Crippen molar-refractivity contribution >= 4 is 17.7 Å². The van der Waals surface area contributed by atoms with Crippen LogP contribution < -0.4 is 11.2 Å². The van der Waals surface area contributed by atoms with Gasteiger partial charge in [-0.2, -0.15) is 0 Å². The van der Waals surface area contributed by atoms with Crippen LogP contribution in [0.5, 0.6) is 0 Å². The summed E-state index contributed by atoms with van der Waals surface area (Å²) in [6, 6.07) is 7.95. The molecule has 0 aromatic heterocycles. The molecule has 2 rings (SSSR count). The third-order valence-electron chi connectivity index (χ3n) is 3.30. The molecule has 130 valence electrons. The van der Waals surface area contributed by atoms with Crippen molar-refractivity contribution in [2.75, 3.05) is 0 Å². The average Bonchev–Trinajstić information content (AvgIpc) is 2.50. The molecule has 3 amide bonds. The van der Waals surface area contributed by atoms with Crippen LogP contribution in [-0.4, -0.2) is 34.4 Å². The SMILES string of the molecule is CC(C)(C)ONC(=O)[C@H]1C(=O)N(OCc2ccccc2)[C@@H]1C(N)=O. The smallest absolute Gasteiger partial charge is 0.262 e. The lowest BCUT2D eigenvalue weighted by atomic mass is 9.88. The lowest BCUT2D eigenvalue weighted by molar-refractivity contribution is -0.245. The largest absolute Gasteiger partial charge is 0.368 e. The van der Waals surface area contributed by atoms with E-state index in [0.29, 0.717) is 0 Å². The molecule has 8 nitrogen and oxygen atoms in total. The number of benzene rings is 1. The molecule has 8 heteroatoms. The summed E-state index contributed by atoms with van der Waals surface area (Å²) in [5.74, 6) is -3.43. The summed E-state index contributed by atoms with van der Waals surface area (Å²) >= 11 is 0. The van der Waals surface area contributed by atoms with Gasteiger partial charge in [-0.1, -0.05) is 30.3 Å². The highest BCUT2D eigenvalue weighted by atomic mass is 16.7. The molecule has 0 spiro atoms. The first-order chi connectivity index (χ1) is 11.2. The Bertz CT molecular complexity index is 626. The van der Waals surface area contributed by atoms with Crippen LogP contribution in [0.1, 0.15) is 26.3 Å². The highest BCUT2D eigenvalue weighted by Gasteiger charge is 2.56. The molecule has 0 unspecified atom stereocenters. The van der Waals surface area contributed by atoms with Crippen LogP contribution in [0.15, 0.2) is 30.3 Å². The molecule has 3 N–H and O–H groups in total. The van der Waals surface area contributed by atoms with E-state index in [1.54, 1.807) is 20.8 Å². The predicted octanol–water partition coefficient (Wildman–Crippen LogP) is 0.277. The molecule has 2 atom stereocenters. The third kappa shape index (κ3) is 4.09. The zero-order valence-electron chi connectivity index (χ0n) is 13.8. The Morgan fingerprint density at radius 3 is 2.42 bits per heavy atom. The van der Waals surface area contributed by atoms with Crippen molar-refractivity contribution in [3.63, 3.8) is 0 Å². The molecule has 1 aliphatic rings. The van der Waals surface area contributed by atoms with Gasteiger partial charge in [-0.3, -0.25) is 24.1 Å². The molecule has 1 fully saturated rings. The summed E-state index contributed by atoms with van der Waals surface area (Å²) < 4.78 is 0. The Balaban J connectivity index is 1.98. The molecule has 0 bridgehead atoms. The van der Waals surface area contributed by atoms with Gasteiger partial charge >= 0.3 is 0 Å². The fourth-order valence-corrected chi connectivity index (χ4v) is 2.13. The number of carbonyl (C=O) groups is 3. The maximum absolute atomic E-state index is 12.1. The van der Waals surface area contributed by atoms with E-state index < -0.39 is 35.3 Å². The normalized spacial score (nSPS) is 20.5. The lowest BCUT2D eigenvalue weighted by Crippen LogP contribution is -2.69. The second-order valence-electron chi connectivity index (χ2n) is 6.43. The van der Waals surface area contributed by atoms with Gasteiger partial charge in [0.2, 0.25) is 5.91 Å². The van der Waals surface area contributed by atoms with E-state index in [4.69, 9.17) is 15.4 Å². The summed E-state index contributed by atoms with van der Waals surface area (Å²) in [6.45, 7) is 5.29. The lowest BCUT2D eigenvalue weighted by Gasteiger charge is -2.42. The maximum atomic E-state index is 12.1. The highest BCUT2D eigenvalue weighted by Crippen LogP contribution is 2.28. The highest BCUT2D eigenvalue weighted by molar-refractivity contribution is 6.11. The summed E-state index contributed by atoms with van der Waals surface area (Å²) in [5, 5.41) is 0.844. The molecule has 24 heavy (non-hydrogen) atoms. The monoisotopic (exact) mass is 335 g/mol. The number of hydrogen-bond acceptors (Lipinski definition) is 5.